The minimum Gasteiger partial charge on any atom is -0.335 e. The van der Waals surface area contributed by atoms with E-state index in [2.05, 4.69) is 10.3 Å². The molecule has 0 atom stereocenters. The van der Waals surface area contributed by atoms with Crippen molar-refractivity contribution < 1.29 is 9.18 Å². The topological polar surface area (TPSA) is 46.9 Å². The quantitative estimate of drug-likeness (QED) is 0.803. The zero-order valence-corrected chi connectivity index (χ0v) is 11.5. The van der Waals surface area contributed by atoms with Gasteiger partial charge in [0.25, 0.3) is 0 Å². The molecule has 21 heavy (non-hydrogen) atoms. The van der Waals surface area contributed by atoms with Gasteiger partial charge in [-0.15, -0.1) is 0 Å². The summed E-state index contributed by atoms with van der Waals surface area (Å²) >= 11 is 0. The highest BCUT2D eigenvalue weighted by atomic mass is 19.1. The van der Waals surface area contributed by atoms with E-state index < -0.39 is 0 Å². The Morgan fingerprint density at radius 1 is 1.29 bits per heavy atom. The Morgan fingerprint density at radius 3 is 2.81 bits per heavy atom. The third-order valence-corrected chi connectivity index (χ3v) is 3.30. The van der Waals surface area contributed by atoms with Gasteiger partial charge < -0.3 is 9.88 Å². The maximum absolute atomic E-state index is 12.8. The number of benzene rings is 1. The van der Waals surface area contributed by atoms with E-state index in [4.69, 9.17) is 0 Å². The summed E-state index contributed by atoms with van der Waals surface area (Å²) in [4.78, 5) is 16.4. The number of fused-ring (bicyclic) bond motifs is 1. The van der Waals surface area contributed by atoms with Crippen LogP contribution < -0.4 is 5.32 Å². The first-order valence-electron chi connectivity index (χ1n) is 6.58. The van der Waals surface area contributed by atoms with Gasteiger partial charge in [0, 0.05) is 30.5 Å². The average Bonchev–Trinajstić information content (AvgIpc) is 2.78. The van der Waals surface area contributed by atoms with E-state index in [0.29, 0.717) is 5.69 Å². The molecular formula is C16H14FN3O. The molecule has 106 valence electrons. The molecule has 1 N–H and O–H groups in total. The van der Waals surface area contributed by atoms with Gasteiger partial charge in [-0.25, -0.2) is 9.37 Å². The van der Waals surface area contributed by atoms with E-state index in [1.807, 2.05) is 29.9 Å². The first kappa shape index (κ1) is 13.3. The Morgan fingerprint density at radius 2 is 2.05 bits per heavy atom. The molecule has 0 aliphatic carbocycles. The van der Waals surface area contributed by atoms with Gasteiger partial charge >= 0.3 is 0 Å². The zero-order chi connectivity index (χ0) is 14.8. The van der Waals surface area contributed by atoms with Gasteiger partial charge in [0.05, 0.1) is 6.42 Å². The van der Waals surface area contributed by atoms with Crippen molar-refractivity contribution in [2.75, 3.05) is 5.32 Å². The molecule has 0 fully saturated rings. The van der Waals surface area contributed by atoms with E-state index in [1.54, 1.807) is 6.20 Å². The normalized spacial score (nSPS) is 10.8. The summed E-state index contributed by atoms with van der Waals surface area (Å²) in [6.07, 6.45) is 3.88. The molecule has 0 radical (unpaired) electrons. The number of amides is 1. The van der Waals surface area contributed by atoms with Crippen molar-refractivity contribution >= 4 is 22.6 Å². The summed E-state index contributed by atoms with van der Waals surface area (Å²) in [5, 5.41) is 3.72. The number of hydrogen-bond donors (Lipinski definition) is 1. The van der Waals surface area contributed by atoms with Crippen molar-refractivity contribution in [2.45, 2.75) is 6.42 Å². The fraction of sp³-hybridized carbons (Fsp3) is 0.125. The molecule has 1 aromatic carbocycles. The summed E-state index contributed by atoms with van der Waals surface area (Å²) in [6, 6.07) is 9.51. The third-order valence-electron chi connectivity index (χ3n) is 3.30. The van der Waals surface area contributed by atoms with Gasteiger partial charge in [-0.1, -0.05) is 0 Å². The Balaban J connectivity index is 1.79. The lowest BCUT2D eigenvalue weighted by molar-refractivity contribution is -0.115. The number of anilines is 1. The zero-order valence-electron chi connectivity index (χ0n) is 11.5. The number of carbonyl (C=O) groups excluding carboxylic acids is 1. The first-order chi connectivity index (χ1) is 10.1. The average molecular weight is 283 g/mol. The fourth-order valence-corrected chi connectivity index (χ4v) is 2.35. The second kappa shape index (κ2) is 5.36. The maximum Gasteiger partial charge on any atom is 0.228 e. The molecule has 0 spiro atoms. The van der Waals surface area contributed by atoms with Gasteiger partial charge in [0.2, 0.25) is 5.91 Å². The minimum atomic E-state index is -0.326. The lowest BCUT2D eigenvalue weighted by atomic mass is 10.1. The smallest absolute Gasteiger partial charge is 0.228 e. The highest BCUT2D eigenvalue weighted by Crippen LogP contribution is 2.19. The van der Waals surface area contributed by atoms with Gasteiger partial charge in [-0.05, 0) is 42.0 Å². The second-order valence-electron chi connectivity index (χ2n) is 4.87. The number of carbonyl (C=O) groups is 1. The number of aromatic nitrogens is 2. The van der Waals surface area contributed by atoms with Crippen LogP contribution in [-0.2, 0) is 18.3 Å². The lowest BCUT2D eigenvalue weighted by Crippen LogP contribution is -2.14. The van der Waals surface area contributed by atoms with E-state index in [0.717, 1.165) is 16.6 Å². The molecule has 0 saturated heterocycles. The van der Waals surface area contributed by atoms with Crippen LogP contribution in [0.25, 0.3) is 11.0 Å². The van der Waals surface area contributed by atoms with Crippen molar-refractivity contribution in [1.82, 2.24) is 9.55 Å². The van der Waals surface area contributed by atoms with Crippen LogP contribution in [0.2, 0.25) is 0 Å². The van der Waals surface area contributed by atoms with Crippen LogP contribution in [0.1, 0.15) is 5.56 Å². The van der Waals surface area contributed by atoms with Crippen LogP contribution in [0, 0.1) is 5.82 Å². The van der Waals surface area contributed by atoms with E-state index in [1.165, 1.54) is 24.3 Å². The molecule has 1 amide bonds. The molecule has 0 saturated carbocycles. The van der Waals surface area contributed by atoms with Crippen molar-refractivity contribution in [3.63, 3.8) is 0 Å². The Hall–Kier alpha value is -2.69. The van der Waals surface area contributed by atoms with Crippen LogP contribution >= 0.6 is 0 Å². The number of hydrogen-bond acceptors (Lipinski definition) is 2. The largest absolute Gasteiger partial charge is 0.335 e. The van der Waals surface area contributed by atoms with Crippen molar-refractivity contribution in [3.05, 3.63) is 60.2 Å². The van der Waals surface area contributed by atoms with Crippen LogP contribution in [0.5, 0.6) is 0 Å². The summed E-state index contributed by atoms with van der Waals surface area (Å²) in [5.74, 6) is -0.467. The van der Waals surface area contributed by atoms with Crippen LogP contribution in [-0.4, -0.2) is 15.5 Å². The second-order valence-corrected chi connectivity index (χ2v) is 4.87. The number of halogens is 1. The molecule has 0 aliphatic rings. The predicted molar refractivity (Wildman–Crippen MR) is 79.4 cm³/mol. The Bertz CT molecular complexity index is 793. The molecule has 0 aliphatic heterocycles. The number of aryl methyl sites for hydroxylation is 1. The maximum atomic E-state index is 12.8. The summed E-state index contributed by atoms with van der Waals surface area (Å²) in [6.45, 7) is 0. The van der Waals surface area contributed by atoms with Crippen molar-refractivity contribution in [3.8, 4) is 0 Å². The molecular weight excluding hydrogens is 269 g/mol. The van der Waals surface area contributed by atoms with Crippen molar-refractivity contribution in [2.24, 2.45) is 7.05 Å². The van der Waals surface area contributed by atoms with Gasteiger partial charge in [0.15, 0.2) is 0 Å². The SMILES string of the molecule is Cn1cc(CC(=O)Nc2ccc(F)cc2)c2cccnc21. The molecule has 0 bridgehead atoms. The molecule has 4 nitrogen and oxygen atoms in total. The summed E-state index contributed by atoms with van der Waals surface area (Å²) in [5.41, 5.74) is 2.35. The monoisotopic (exact) mass is 283 g/mol. The van der Waals surface area contributed by atoms with Crippen molar-refractivity contribution in [1.29, 1.82) is 0 Å². The summed E-state index contributed by atoms with van der Waals surface area (Å²) in [7, 11) is 1.90. The predicted octanol–water partition coefficient (Wildman–Crippen LogP) is 2.89. The third kappa shape index (κ3) is 2.76. The van der Waals surface area contributed by atoms with Crippen LogP contribution in [0.3, 0.4) is 0 Å². The molecule has 0 unspecified atom stereocenters. The van der Waals surface area contributed by atoms with E-state index in [9.17, 15) is 9.18 Å². The Labute approximate surface area is 121 Å². The van der Waals surface area contributed by atoms with E-state index in [-0.39, 0.29) is 18.1 Å². The molecule has 5 heteroatoms. The number of nitrogens with one attached hydrogen (secondary N) is 1. The first-order valence-corrected chi connectivity index (χ1v) is 6.58. The number of nitrogens with zero attached hydrogens (tertiary/aromatic N) is 2. The highest BCUT2D eigenvalue weighted by molar-refractivity contribution is 5.95. The van der Waals surface area contributed by atoms with Crippen LogP contribution in [0.4, 0.5) is 10.1 Å². The van der Waals surface area contributed by atoms with Gasteiger partial charge in [-0.2, -0.15) is 0 Å². The molecule has 3 aromatic rings. The number of pyridine rings is 1. The standard InChI is InChI=1S/C16H14FN3O/c1-20-10-11(14-3-2-8-18-16(14)20)9-15(21)19-13-6-4-12(17)5-7-13/h2-8,10H,9H2,1H3,(H,19,21). The Kier molecular flexibility index (Phi) is 3.39. The molecule has 2 aromatic heterocycles. The molecule has 2 heterocycles. The van der Waals surface area contributed by atoms with E-state index >= 15 is 0 Å². The molecule has 3 rings (SSSR count). The summed E-state index contributed by atoms with van der Waals surface area (Å²) < 4.78 is 14.7. The highest BCUT2D eigenvalue weighted by Gasteiger charge is 2.11. The number of rotatable bonds is 3. The lowest BCUT2D eigenvalue weighted by Gasteiger charge is -2.04. The fourth-order valence-electron chi connectivity index (χ4n) is 2.35. The minimum absolute atomic E-state index is 0.141. The van der Waals surface area contributed by atoms with Crippen LogP contribution in [0.15, 0.2) is 48.8 Å². The van der Waals surface area contributed by atoms with Gasteiger partial charge in [-0.3, -0.25) is 4.79 Å². The van der Waals surface area contributed by atoms with Gasteiger partial charge in [0.1, 0.15) is 11.5 Å².